The van der Waals surface area contributed by atoms with Crippen molar-refractivity contribution >= 4 is 10.4 Å². The van der Waals surface area contributed by atoms with Crippen LogP contribution in [0.15, 0.2) is 0 Å². The number of rotatable bonds is 2. The molecule has 0 aliphatic rings. The van der Waals surface area contributed by atoms with E-state index in [1.807, 2.05) is 0 Å². The molecule has 0 saturated carbocycles. The van der Waals surface area contributed by atoms with Crippen molar-refractivity contribution < 1.29 is 17.2 Å². The molecule has 0 spiro atoms. The van der Waals surface area contributed by atoms with Gasteiger partial charge in [0.1, 0.15) is 0 Å². The van der Waals surface area contributed by atoms with Crippen LogP contribution in [-0.2, 0) is 14.6 Å². The molecule has 0 amide bonds. The third-order valence-corrected chi connectivity index (χ3v) is 0.931. The van der Waals surface area contributed by atoms with Crippen LogP contribution in [0.1, 0.15) is 13.8 Å². The molecule has 0 atom stereocenters. The van der Waals surface area contributed by atoms with E-state index in [4.69, 9.17) is 0 Å². The van der Waals surface area contributed by atoms with E-state index in [0.717, 1.165) is 0 Å². The van der Waals surface area contributed by atoms with E-state index in [1.54, 1.807) is 0 Å². The first-order chi connectivity index (χ1) is 3.42. The molecule has 8 heavy (non-hydrogen) atoms. The van der Waals surface area contributed by atoms with Gasteiger partial charge in [-0.1, -0.05) is 0 Å². The Morgan fingerprint density at radius 2 is 1.88 bits per heavy atom. The van der Waals surface area contributed by atoms with Crippen LogP contribution in [0.2, 0.25) is 0 Å². The second-order valence-corrected chi connectivity index (χ2v) is 2.56. The Labute approximate surface area is 48.4 Å². The van der Waals surface area contributed by atoms with Gasteiger partial charge in [-0.3, -0.25) is 4.18 Å². The van der Waals surface area contributed by atoms with E-state index in [9.17, 15) is 13.0 Å². The van der Waals surface area contributed by atoms with Crippen molar-refractivity contribution in [1.29, 1.82) is 0 Å². The van der Waals surface area contributed by atoms with Crippen molar-refractivity contribution in [1.82, 2.24) is 0 Å². The van der Waals surface area contributed by atoms with Crippen LogP contribution in [0.25, 0.3) is 0 Å². The van der Waals surface area contributed by atoms with Crippen molar-refractivity contribution in [2.45, 2.75) is 20.0 Å². The van der Waals surface area contributed by atoms with Crippen molar-refractivity contribution in [2.75, 3.05) is 0 Å². The van der Waals surface area contributed by atoms with Gasteiger partial charge in [-0.05, 0) is 13.8 Å². The molecule has 0 radical (unpaired) electrons. The first kappa shape index (κ1) is 7.87. The van der Waals surface area contributed by atoms with Gasteiger partial charge in [0.2, 0.25) is 10.4 Å². The van der Waals surface area contributed by atoms with Gasteiger partial charge in [0.05, 0.1) is 6.10 Å². The molecular weight excluding hydrogens is 132 g/mol. The lowest BCUT2D eigenvalue weighted by Gasteiger charge is -2.09. The first-order valence-corrected chi connectivity index (χ1v) is 3.39. The van der Waals surface area contributed by atoms with Gasteiger partial charge in [-0.2, -0.15) is 0 Å². The summed E-state index contributed by atoms with van der Waals surface area (Å²) in [6.07, 6.45) is -0.558. The zero-order valence-corrected chi connectivity index (χ0v) is 5.44. The molecule has 0 aliphatic carbocycles. The summed E-state index contributed by atoms with van der Waals surface area (Å²) in [6.45, 7) is 2.94. The zero-order valence-electron chi connectivity index (χ0n) is 4.62. The maximum absolute atomic E-state index is 9.66. The molecule has 4 nitrogen and oxygen atoms in total. The van der Waals surface area contributed by atoms with E-state index >= 15 is 0 Å². The Hall–Kier alpha value is -0.130. The molecule has 0 fully saturated rings. The van der Waals surface area contributed by atoms with Gasteiger partial charge in [0.25, 0.3) is 0 Å². The summed E-state index contributed by atoms with van der Waals surface area (Å²) in [5.41, 5.74) is 0. The lowest BCUT2D eigenvalue weighted by Crippen LogP contribution is -2.10. The fourth-order valence-corrected chi connectivity index (χ4v) is 0.707. The molecule has 0 aromatic heterocycles. The fourth-order valence-electron chi connectivity index (χ4n) is 0.236. The standard InChI is InChI=1S/C3H8O4S/c1-3(2)7-8(4,5)6/h3H,1-2H3,(H,4,5,6)/p-1. The normalized spacial score (nSPS) is 12.5. The van der Waals surface area contributed by atoms with Crippen LogP contribution >= 0.6 is 0 Å². The van der Waals surface area contributed by atoms with Gasteiger partial charge in [0.15, 0.2) is 0 Å². The van der Waals surface area contributed by atoms with Crippen LogP contribution in [-0.4, -0.2) is 19.1 Å². The highest BCUT2D eigenvalue weighted by Crippen LogP contribution is 1.92. The molecule has 50 valence electrons. The third-order valence-electron chi connectivity index (χ3n) is 0.310. The van der Waals surface area contributed by atoms with E-state index in [-0.39, 0.29) is 0 Å². The first-order valence-electron chi connectivity index (χ1n) is 2.06. The second-order valence-electron chi connectivity index (χ2n) is 1.55. The maximum atomic E-state index is 9.66. The smallest absolute Gasteiger partial charge is 0.217 e. The summed E-state index contributed by atoms with van der Waals surface area (Å²) in [4.78, 5) is 0. The molecule has 0 saturated heterocycles. The Balaban J connectivity index is 3.75. The molecule has 0 N–H and O–H groups in total. The number of hydrogen-bond donors (Lipinski definition) is 0. The van der Waals surface area contributed by atoms with Gasteiger partial charge in [-0.15, -0.1) is 0 Å². The summed E-state index contributed by atoms with van der Waals surface area (Å²) >= 11 is 0. The summed E-state index contributed by atoms with van der Waals surface area (Å²) in [5, 5.41) is 0. The molecule has 0 unspecified atom stereocenters. The van der Waals surface area contributed by atoms with E-state index in [2.05, 4.69) is 4.18 Å². The minimum atomic E-state index is -4.47. The predicted molar refractivity (Wildman–Crippen MR) is 25.9 cm³/mol. The third kappa shape index (κ3) is 5.87. The molecule has 0 bridgehead atoms. The largest absolute Gasteiger partial charge is 0.726 e. The van der Waals surface area contributed by atoms with Crippen molar-refractivity contribution in [3.63, 3.8) is 0 Å². The molecule has 0 aromatic rings. The Kier molecular flexibility index (Phi) is 2.39. The van der Waals surface area contributed by atoms with Crippen molar-refractivity contribution in [3.05, 3.63) is 0 Å². The molecule has 0 aromatic carbocycles. The minimum absolute atomic E-state index is 0.558. The highest BCUT2D eigenvalue weighted by molar-refractivity contribution is 7.80. The predicted octanol–water partition coefficient (Wildman–Crippen LogP) is -0.128. The lowest BCUT2D eigenvalue weighted by molar-refractivity contribution is 0.209. The van der Waals surface area contributed by atoms with Gasteiger partial charge >= 0.3 is 0 Å². The minimum Gasteiger partial charge on any atom is -0.726 e. The highest BCUT2D eigenvalue weighted by atomic mass is 32.3. The lowest BCUT2D eigenvalue weighted by atomic mass is 10.5. The zero-order chi connectivity index (χ0) is 6.78. The van der Waals surface area contributed by atoms with Crippen LogP contribution < -0.4 is 0 Å². The van der Waals surface area contributed by atoms with Crippen molar-refractivity contribution in [3.8, 4) is 0 Å². The molecule has 0 aliphatic heterocycles. The average molecular weight is 139 g/mol. The second kappa shape index (κ2) is 2.43. The highest BCUT2D eigenvalue weighted by Gasteiger charge is 1.96. The van der Waals surface area contributed by atoms with Crippen LogP contribution in [0.3, 0.4) is 0 Å². The summed E-state index contributed by atoms with van der Waals surface area (Å²) < 4.78 is 32.8. The molecule has 0 rings (SSSR count). The Morgan fingerprint density at radius 1 is 1.50 bits per heavy atom. The monoisotopic (exact) mass is 139 g/mol. The average Bonchev–Trinajstić information content (AvgIpc) is 1.21. The van der Waals surface area contributed by atoms with Gasteiger partial charge in [-0.25, -0.2) is 8.42 Å². The van der Waals surface area contributed by atoms with E-state index in [1.165, 1.54) is 13.8 Å². The Morgan fingerprint density at radius 3 is 1.88 bits per heavy atom. The fraction of sp³-hybridized carbons (Fsp3) is 1.00. The Bertz CT molecular complexity index is 145. The van der Waals surface area contributed by atoms with E-state index < -0.39 is 16.5 Å². The topological polar surface area (TPSA) is 66.4 Å². The van der Waals surface area contributed by atoms with Gasteiger partial charge in [0, 0.05) is 0 Å². The molecule has 0 heterocycles. The van der Waals surface area contributed by atoms with Crippen LogP contribution in [0, 0.1) is 0 Å². The summed E-state index contributed by atoms with van der Waals surface area (Å²) in [5.74, 6) is 0. The summed E-state index contributed by atoms with van der Waals surface area (Å²) in [7, 11) is -4.47. The molecule has 5 heteroatoms. The molecular formula is C3H7O4S-. The quantitative estimate of drug-likeness (QED) is 0.395. The summed E-state index contributed by atoms with van der Waals surface area (Å²) in [6, 6.07) is 0. The van der Waals surface area contributed by atoms with Crippen molar-refractivity contribution in [2.24, 2.45) is 0 Å². The van der Waals surface area contributed by atoms with Crippen LogP contribution in [0.5, 0.6) is 0 Å². The van der Waals surface area contributed by atoms with E-state index in [0.29, 0.717) is 0 Å². The van der Waals surface area contributed by atoms with Crippen LogP contribution in [0.4, 0.5) is 0 Å². The number of hydrogen-bond acceptors (Lipinski definition) is 4. The maximum Gasteiger partial charge on any atom is 0.217 e. The van der Waals surface area contributed by atoms with Gasteiger partial charge < -0.3 is 4.55 Å². The SMILES string of the molecule is CC(C)OS(=O)(=O)[O-].